The monoisotopic (exact) mass is 444 g/mol. The lowest BCUT2D eigenvalue weighted by atomic mass is 10.1. The van der Waals surface area contributed by atoms with Gasteiger partial charge in [-0.25, -0.2) is 9.97 Å². The predicted molar refractivity (Wildman–Crippen MR) is 122 cm³/mol. The highest BCUT2D eigenvalue weighted by molar-refractivity contribution is 7.18. The topological polar surface area (TPSA) is 107 Å². The summed E-state index contributed by atoms with van der Waals surface area (Å²) < 4.78 is 6.82. The summed E-state index contributed by atoms with van der Waals surface area (Å²) >= 11 is 1.10. The third-order valence-electron chi connectivity index (χ3n) is 4.91. The second-order valence-corrected chi connectivity index (χ2v) is 8.12. The summed E-state index contributed by atoms with van der Waals surface area (Å²) in [6.07, 6.45) is 1.32. The normalized spacial score (nSPS) is 11.2. The lowest BCUT2D eigenvalue weighted by Gasteiger charge is -2.04. The number of para-hydroxylation sites is 1. The standard InChI is InChI=1S/C23H16N4O4S/c1-13(28)21-18(14-7-3-2-4-8-14)26-23(32-21)25-17(29)11-27-12-24-19-15-9-5-6-10-16(15)31-20(19)22(27)30/h2-10,12H,11H2,1H3,(H,25,26,29). The minimum absolute atomic E-state index is 0.0981. The lowest BCUT2D eigenvalue weighted by molar-refractivity contribution is -0.116. The summed E-state index contributed by atoms with van der Waals surface area (Å²) in [6.45, 7) is 1.19. The van der Waals surface area contributed by atoms with Gasteiger partial charge in [0.1, 0.15) is 17.6 Å². The molecule has 1 N–H and O–H groups in total. The number of ketones is 1. The zero-order chi connectivity index (χ0) is 22.2. The fourth-order valence-electron chi connectivity index (χ4n) is 3.45. The summed E-state index contributed by atoms with van der Waals surface area (Å²) in [7, 11) is 0. The van der Waals surface area contributed by atoms with Crippen molar-refractivity contribution in [1.29, 1.82) is 0 Å². The number of rotatable bonds is 5. The molecule has 0 atom stereocenters. The minimum atomic E-state index is -0.465. The van der Waals surface area contributed by atoms with Crippen LogP contribution in [0.5, 0.6) is 0 Å². The molecule has 158 valence electrons. The van der Waals surface area contributed by atoms with Crippen LogP contribution in [0.1, 0.15) is 16.6 Å². The Labute approximate surface area is 185 Å². The van der Waals surface area contributed by atoms with Gasteiger partial charge in [0.25, 0.3) is 5.56 Å². The fraction of sp³-hybridized carbons (Fsp3) is 0.0870. The molecule has 1 amide bonds. The van der Waals surface area contributed by atoms with Crippen molar-refractivity contribution in [3.8, 4) is 11.3 Å². The number of nitrogens with zero attached hydrogens (tertiary/aromatic N) is 3. The molecule has 32 heavy (non-hydrogen) atoms. The number of carbonyl (C=O) groups excluding carboxylic acids is 2. The molecule has 0 fully saturated rings. The number of furan rings is 1. The van der Waals surface area contributed by atoms with Crippen LogP contribution in [0.4, 0.5) is 5.13 Å². The van der Waals surface area contributed by atoms with E-state index >= 15 is 0 Å². The number of carbonyl (C=O) groups is 2. The Morgan fingerprint density at radius 3 is 2.62 bits per heavy atom. The Morgan fingerprint density at radius 1 is 1.09 bits per heavy atom. The van der Waals surface area contributed by atoms with Crippen molar-refractivity contribution in [2.24, 2.45) is 0 Å². The molecule has 0 bridgehead atoms. The molecule has 0 radical (unpaired) electrons. The first kappa shape index (κ1) is 19.8. The van der Waals surface area contributed by atoms with Gasteiger partial charge in [0.15, 0.2) is 10.9 Å². The summed E-state index contributed by atoms with van der Waals surface area (Å²) in [6, 6.07) is 16.5. The minimum Gasteiger partial charge on any atom is -0.448 e. The first-order valence-corrected chi connectivity index (χ1v) is 10.6. The molecule has 3 heterocycles. The third kappa shape index (κ3) is 3.48. The van der Waals surface area contributed by atoms with Gasteiger partial charge in [0.05, 0.1) is 16.9 Å². The Morgan fingerprint density at radius 2 is 1.84 bits per heavy atom. The Hall–Kier alpha value is -4.11. The van der Waals surface area contributed by atoms with Gasteiger partial charge in [-0.2, -0.15) is 0 Å². The van der Waals surface area contributed by atoms with Crippen LogP contribution < -0.4 is 10.9 Å². The van der Waals surface area contributed by atoms with E-state index in [1.807, 2.05) is 48.5 Å². The van der Waals surface area contributed by atoms with Gasteiger partial charge in [-0.3, -0.25) is 19.0 Å². The number of Topliss-reactive ketones (excluding diaryl/α,β-unsaturated/α-hetero) is 1. The molecule has 0 aliphatic heterocycles. The molecular formula is C23H16N4O4S. The van der Waals surface area contributed by atoms with Crippen molar-refractivity contribution in [2.75, 3.05) is 5.32 Å². The van der Waals surface area contributed by atoms with E-state index in [2.05, 4.69) is 15.3 Å². The molecule has 0 spiro atoms. The second kappa shape index (κ2) is 7.86. The highest BCUT2D eigenvalue weighted by Gasteiger charge is 2.19. The van der Waals surface area contributed by atoms with Gasteiger partial charge in [0.2, 0.25) is 11.5 Å². The van der Waals surface area contributed by atoms with E-state index in [4.69, 9.17) is 4.42 Å². The van der Waals surface area contributed by atoms with Gasteiger partial charge in [0, 0.05) is 17.9 Å². The van der Waals surface area contributed by atoms with Crippen LogP contribution in [-0.4, -0.2) is 26.2 Å². The number of amides is 1. The number of fused-ring (bicyclic) bond motifs is 3. The molecule has 0 unspecified atom stereocenters. The van der Waals surface area contributed by atoms with Gasteiger partial charge in [-0.15, -0.1) is 0 Å². The predicted octanol–water partition coefficient (Wildman–Crippen LogP) is 4.11. The van der Waals surface area contributed by atoms with E-state index < -0.39 is 11.5 Å². The third-order valence-corrected chi connectivity index (χ3v) is 5.98. The van der Waals surface area contributed by atoms with Gasteiger partial charge in [-0.1, -0.05) is 53.8 Å². The van der Waals surface area contributed by atoms with Crippen molar-refractivity contribution >= 4 is 50.2 Å². The van der Waals surface area contributed by atoms with Crippen LogP contribution in [0.15, 0.2) is 70.1 Å². The average molecular weight is 444 g/mol. The molecule has 8 nitrogen and oxygen atoms in total. The highest BCUT2D eigenvalue weighted by atomic mass is 32.1. The zero-order valence-electron chi connectivity index (χ0n) is 16.9. The maximum atomic E-state index is 12.8. The van der Waals surface area contributed by atoms with Crippen LogP contribution in [0.2, 0.25) is 0 Å². The van der Waals surface area contributed by atoms with Crippen molar-refractivity contribution < 1.29 is 14.0 Å². The molecule has 0 saturated heterocycles. The van der Waals surface area contributed by atoms with Gasteiger partial charge >= 0.3 is 0 Å². The van der Waals surface area contributed by atoms with E-state index in [9.17, 15) is 14.4 Å². The van der Waals surface area contributed by atoms with Crippen molar-refractivity contribution in [2.45, 2.75) is 13.5 Å². The summed E-state index contributed by atoms with van der Waals surface area (Å²) in [5, 5.41) is 3.70. The first-order valence-electron chi connectivity index (χ1n) is 9.75. The zero-order valence-corrected chi connectivity index (χ0v) is 17.7. The van der Waals surface area contributed by atoms with Crippen LogP contribution >= 0.6 is 11.3 Å². The number of aromatic nitrogens is 3. The molecule has 0 aliphatic carbocycles. The number of anilines is 1. The number of nitrogens with one attached hydrogen (secondary N) is 1. The quantitative estimate of drug-likeness (QED) is 0.409. The number of hydrogen-bond acceptors (Lipinski definition) is 7. The smallest absolute Gasteiger partial charge is 0.297 e. The Bertz CT molecular complexity index is 1550. The summed E-state index contributed by atoms with van der Waals surface area (Å²) in [5.41, 5.74) is 1.96. The van der Waals surface area contributed by atoms with E-state index in [1.54, 1.807) is 6.07 Å². The molecule has 0 saturated carbocycles. The molecule has 2 aromatic carbocycles. The van der Waals surface area contributed by atoms with Gasteiger partial charge < -0.3 is 9.73 Å². The second-order valence-electron chi connectivity index (χ2n) is 7.12. The summed E-state index contributed by atoms with van der Waals surface area (Å²) in [5.74, 6) is -0.606. The lowest BCUT2D eigenvalue weighted by Crippen LogP contribution is -2.27. The van der Waals surface area contributed by atoms with Crippen LogP contribution in [-0.2, 0) is 11.3 Å². The molecule has 5 aromatic rings. The van der Waals surface area contributed by atoms with E-state index in [0.717, 1.165) is 22.3 Å². The molecule has 9 heteroatoms. The van der Waals surface area contributed by atoms with Crippen molar-refractivity contribution in [3.63, 3.8) is 0 Å². The highest BCUT2D eigenvalue weighted by Crippen LogP contribution is 2.31. The van der Waals surface area contributed by atoms with Crippen molar-refractivity contribution in [3.05, 3.63) is 76.2 Å². The first-order chi connectivity index (χ1) is 15.5. The van der Waals surface area contributed by atoms with E-state index in [0.29, 0.717) is 21.7 Å². The maximum Gasteiger partial charge on any atom is 0.297 e. The molecule has 0 aliphatic rings. The van der Waals surface area contributed by atoms with Crippen LogP contribution in [0.25, 0.3) is 33.3 Å². The largest absolute Gasteiger partial charge is 0.448 e. The number of benzene rings is 2. The van der Waals surface area contributed by atoms with Crippen LogP contribution in [0.3, 0.4) is 0 Å². The van der Waals surface area contributed by atoms with Crippen molar-refractivity contribution in [1.82, 2.24) is 14.5 Å². The number of thiazole rings is 1. The Balaban J connectivity index is 1.42. The van der Waals surface area contributed by atoms with Crippen LogP contribution in [0, 0.1) is 0 Å². The molecule has 5 rings (SSSR count). The average Bonchev–Trinajstić information content (AvgIpc) is 3.38. The molecule has 3 aromatic heterocycles. The molecular weight excluding hydrogens is 428 g/mol. The maximum absolute atomic E-state index is 12.8. The summed E-state index contributed by atoms with van der Waals surface area (Å²) in [4.78, 5) is 46.7. The SMILES string of the molecule is CC(=O)c1sc(NC(=O)Cn2cnc3c(oc4ccccc43)c2=O)nc1-c1ccccc1. The Kier molecular flexibility index (Phi) is 4.87. The number of hydrogen-bond donors (Lipinski definition) is 1. The van der Waals surface area contributed by atoms with E-state index in [1.165, 1.54) is 17.8 Å². The van der Waals surface area contributed by atoms with E-state index in [-0.39, 0.29) is 23.0 Å². The van der Waals surface area contributed by atoms with Gasteiger partial charge in [-0.05, 0) is 12.1 Å². The fourth-order valence-corrected chi connectivity index (χ4v) is 4.34.